The summed E-state index contributed by atoms with van der Waals surface area (Å²) in [5.74, 6) is 0.0497. The van der Waals surface area contributed by atoms with Gasteiger partial charge in [-0.2, -0.15) is 0 Å². The maximum atomic E-state index is 12.1. The number of esters is 1. The van der Waals surface area contributed by atoms with Crippen LogP contribution in [0, 0.1) is 5.92 Å². The van der Waals surface area contributed by atoms with Crippen LogP contribution in [0.3, 0.4) is 0 Å². The van der Waals surface area contributed by atoms with E-state index in [0.717, 1.165) is 12.8 Å². The van der Waals surface area contributed by atoms with Crippen molar-refractivity contribution in [3.63, 3.8) is 0 Å². The van der Waals surface area contributed by atoms with Crippen molar-refractivity contribution < 1.29 is 9.53 Å². The first-order chi connectivity index (χ1) is 9.90. The van der Waals surface area contributed by atoms with E-state index in [1.807, 2.05) is 18.2 Å². The molecule has 1 aromatic carbocycles. The molecule has 0 heterocycles. The number of ether oxygens (including phenoxy) is 1. The third-order valence-electron chi connectivity index (χ3n) is 4.07. The van der Waals surface area contributed by atoms with E-state index in [1.54, 1.807) is 0 Å². The number of carbonyl (C=O) groups excluding carboxylic acids is 1. The number of carbonyl (C=O) groups is 1. The lowest BCUT2D eigenvalue weighted by Gasteiger charge is -2.31. The largest absolute Gasteiger partial charge is 0.469 e. The zero-order valence-corrected chi connectivity index (χ0v) is 14.6. The fourth-order valence-corrected chi connectivity index (χ4v) is 4.88. The van der Waals surface area contributed by atoms with E-state index in [2.05, 4.69) is 37.8 Å². The highest BCUT2D eigenvalue weighted by Crippen LogP contribution is 2.39. The zero-order valence-electron chi connectivity index (χ0n) is 13.6. The Kier molecular flexibility index (Phi) is 5.04. The van der Waals surface area contributed by atoms with E-state index < -0.39 is 8.07 Å². The molecule has 0 amide bonds. The van der Waals surface area contributed by atoms with Gasteiger partial charge < -0.3 is 4.74 Å². The Balaban J connectivity index is 2.31. The highest BCUT2D eigenvalue weighted by molar-refractivity contribution is 6.76. The SMILES string of the molecule is COC(=O)[C@@H]1CCC(C[Si](C)(C)C)=C[C@H]1c1ccccc1. The lowest BCUT2D eigenvalue weighted by molar-refractivity contribution is -0.146. The molecule has 0 bridgehead atoms. The molecule has 0 fully saturated rings. The molecule has 114 valence electrons. The van der Waals surface area contributed by atoms with Crippen LogP contribution in [0.4, 0.5) is 0 Å². The van der Waals surface area contributed by atoms with Gasteiger partial charge in [0, 0.05) is 14.0 Å². The van der Waals surface area contributed by atoms with E-state index in [-0.39, 0.29) is 17.8 Å². The van der Waals surface area contributed by atoms with Gasteiger partial charge in [-0.15, -0.1) is 0 Å². The molecule has 0 radical (unpaired) electrons. The Hall–Kier alpha value is -1.35. The van der Waals surface area contributed by atoms with Gasteiger partial charge in [-0.05, 0) is 24.4 Å². The summed E-state index contributed by atoms with van der Waals surface area (Å²) < 4.78 is 5.02. The molecule has 3 heteroatoms. The summed E-state index contributed by atoms with van der Waals surface area (Å²) in [4.78, 5) is 12.1. The van der Waals surface area contributed by atoms with Crippen molar-refractivity contribution in [3.8, 4) is 0 Å². The van der Waals surface area contributed by atoms with Gasteiger partial charge in [0.15, 0.2) is 0 Å². The summed E-state index contributed by atoms with van der Waals surface area (Å²) in [5.41, 5.74) is 2.75. The van der Waals surface area contributed by atoms with Gasteiger partial charge in [-0.25, -0.2) is 0 Å². The number of hydrogen-bond acceptors (Lipinski definition) is 2. The van der Waals surface area contributed by atoms with Crippen molar-refractivity contribution in [2.45, 2.75) is 44.4 Å². The van der Waals surface area contributed by atoms with E-state index in [1.165, 1.54) is 24.3 Å². The summed E-state index contributed by atoms with van der Waals surface area (Å²) in [6, 6.07) is 11.6. The number of methoxy groups -OCH3 is 1. The maximum absolute atomic E-state index is 12.1. The fraction of sp³-hybridized carbons (Fsp3) is 0.500. The molecule has 2 nitrogen and oxygen atoms in total. The minimum absolute atomic E-state index is 0.0391. The molecular weight excluding hydrogens is 276 g/mol. The van der Waals surface area contributed by atoms with Crippen molar-refractivity contribution in [2.75, 3.05) is 7.11 Å². The predicted octanol–water partition coefficient (Wildman–Crippen LogP) is 4.62. The third kappa shape index (κ3) is 4.30. The van der Waals surface area contributed by atoms with Gasteiger partial charge in [0.1, 0.15) is 0 Å². The molecule has 2 rings (SSSR count). The Morgan fingerprint density at radius 3 is 2.48 bits per heavy atom. The molecule has 0 saturated carbocycles. The third-order valence-corrected chi connectivity index (χ3v) is 5.59. The molecule has 21 heavy (non-hydrogen) atoms. The van der Waals surface area contributed by atoms with E-state index in [4.69, 9.17) is 4.74 Å². The molecule has 0 spiro atoms. The van der Waals surface area contributed by atoms with Crippen LogP contribution in [0.1, 0.15) is 24.3 Å². The van der Waals surface area contributed by atoms with E-state index in [0.29, 0.717) is 0 Å². The second-order valence-corrected chi connectivity index (χ2v) is 12.6. The van der Waals surface area contributed by atoms with Crippen LogP contribution in [-0.2, 0) is 9.53 Å². The monoisotopic (exact) mass is 302 g/mol. The molecule has 1 aliphatic rings. The second kappa shape index (κ2) is 6.61. The van der Waals surface area contributed by atoms with Gasteiger partial charge in [0.25, 0.3) is 0 Å². The molecule has 1 aliphatic carbocycles. The van der Waals surface area contributed by atoms with E-state index in [9.17, 15) is 4.79 Å². The first-order valence-corrected chi connectivity index (χ1v) is 11.4. The van der Waals surface area contributed by atoms with Gasteiger partial charge in [-0.3, -0.25) is 4.79 Å². The average Bonchev–Trinajstić information content (AvgIpc) is 2.45. The van der Waals surface area contributed by atoms with Gasteiger partial charge in [0.05, 0.1) is 13.0 Å². The summed E-state index contributed by atoms with van der Waals surface area (Å²) in [7, 11) is 0.375. The van der Waals surface area contributed by atoms with Crippen LogP contribution >= 0.6 is 0 Å². The van der Waals surface area contributed by atoms with E-state index >= 15 is 0 Å². The Morgan fingerprint density at radius 1 is 1.24 bits per heavy atom. The van der Waals surface area contributed by atoms with Gasteiger partial charge >= 0.3 is 5.97 Å². The standard InChI is InChI=1S/C18H26O2Si/c1-20-18(19)16-11-10-14(13-21(2,3)4)12-17(16)15-8-6-5-7-9-15/h5-9,12,16-17H,10-11,13H2,1-4H3/t16-,17+/m1/s1. The lowest BCUT2D eigenvalue weighted by atomic mass is 9.77. The first-order valence-electron chi connectivity index (χ1n) is 7.73. The van der Waals surface area contributed by atoms with Gasteiger partial charge in [-0.1, -0.05) is 61.6 Å². The molecule has 0 N–H and O–H groups in total. The topological polar surface area (TPSA) is 26.3 Å². The molecule has 0 aliphatic heterocycles. The summed E-state index contributed by atoms with van der Waals surface area (Å²) in [6.45, 7) is 7.20. The molecule has 0 unspecified atom stereocenters. The highest BCUT2D eigenvalue weighted by atomic mass is 28.3. The van der Waals surface area contributed by atoms with Crippen LogP contribution in [-0.4, -0.2) is 21.2 Å². The van der Waals surface area contributed by atoms with Crippen molar-refractivity contribution in [3.05, 3.63) is 47.5 Å². The number of rotatable bonds is 4. The van der Waals surface area contributed by atoms with Crippen LogP contribution in [0.15, 0.2) is 42.0 Å². The van der Waals surface area contributed by atoms with Crippen molar-refractivity contribution in [2.24, 2.45) is 5.92 Å². The summed E-state index contributed by atoms with van der Waals surface area (Å²) in [6.07, 6.45) is 4.29. The first kappa shape index (κ1) is 16.0. The number of allylic oxidation sites excluding steroid dienone is 2. The molecule has 0 aromatic heterocycles. The fourth-order valence-electron chi connectivity index (χ4n) is 3.22. The smallest absolute Gasteiger partial charge is 0.309 e. The summed E-state index contributed by atoms with van der Waals surface area (Å²) >= 11 is 0. The van der Waals surface area contributed by atoms with Crippen LogP contribution < -0.4 is 0 Å². The van der Waals surface area contributed by atoms with Crippen LogP contribution in [0.25, 0.3) is 0 Å². The predicted molar refractivity (Wildman–Crippen MR) is 90.2 cm³/mol. The minimum Gasteiger partial charge on any atom is -0.469 e. The normalized spacial score (nSPS) is 22.6. The van der Waals surface area contributed by atoms with Crippen molar-refractivity contribution >= 4 is 14.0 Å². The maximum Gasteiger partial charge on any atom is 0.309 e. The zero-order chi connectivity index (χ0) is 15.5. The Bertz CT molecular complexity index is 514. The second-order valence-electron chi connectivity index (χ2n) is 7.17. The average molecular weight is 302 g/mol. The molecular formula is C18H26O2Si. The van der Waals surface area contributed by atoms with Gasteiger partial charge in [0.2, 0.25) is 0 Å². The molecule has 0 saturated heterocycles. The van der Waals surface area contributed by atoms with Crippen molar-refractivity contribution in [1.82, 2.24) is 0 Å². The molecule has 1 aromatic rings. The van der Waals surface area contributed by atoms with Crippen LogP contribution in [0.5, 0.6) is 0 Å². The Labute approximate surface area is 129 Å². The number of benzene rings is 1. The minimum atomic E-state index is -1.12. The quantitative estimate of drug-likeness (QED) is 0.461. The number of hydrogen-bond donors (Lipinski definition) is 0. The van der Waals surface area contributed by atoms with Crippen LogP contribution in [0.2, 0.25) is 25.7 Å². The lowest BCUT2D eigenvalue weighted by Crippen LogP contribution is -2.28. The summed E-state index contributed by atoms with van der Waals surface area (Å²) in [5, 5.41) is 0. The van der Waals surface area contributed by atoms with Crippen molar-refractivity contribution in [1.29, 1.82) is 0 Å². The molecule has 2 atom stereocenters. The Morgan fingerprint density at radius 2 is 1.90 bits per heavy atom. The highest BCUT2D eigenvalue weighted by Gasteiger charge is 2.33.